The normalized spacial score (nSPS) is 11.0. The van der Waals surface area contributed by atoms with Crippen molar-refractivity contribution in [2.75, 3.05) is 0 Å². The van der Waals surface area contributed by atoms with Crippen LogP contribution in [0, 0.1) is 0 Å². The molecule has 0 spiro atoms. The number of benzene rings is 3. The van der Waals surface area contributed by atoms with Crippen molar-refractivity contribution < 1.29 is 14.6 Å². The first-order valence-electron chi connectivity index (χ1n) is 8.29. The van der Waals surface area contributed by atoms with Gasteiger partial charge in [0.1, 0.15) is 12.4 Å². The minimum Gasteiger partial charge on any atom is -0.489 e. The van der Waals surface area contributed by atoms with Crippen LogP contribution in [0.15, 0.2) is 60.7 Å². The summed E-state index contributed by atoms with van der Waals surface area (Å²) in [6.07, 6.45) is 3.63. The van der Waals surface area contributed by atoms with E-state index in [1.165, 1.54) is 0 Å². The molecule has 1 N–H and O–H groups in total. The number of aromatic carboxylic acids is 1. The fraction of sp³-hybridized carbons (Fsp3) is 0.0455. The van der Waals surface area contributed by atoms with Gasteiger partial charge in [-0.2, -0.15) is 0 Å². The Morgan fingerprint density at radius 3 is 2.36 bits per heavy atom. The predicted octanol–water partition coefficient (Wildman–Crippen LogP) is 7.09. The maximum atomic E-state index is 11.0. The molecule has 0 aromatic heterocycles. The molecule has 0 bridgehead atoms. The predicted molar refractivity (Wildman–Crippen MR) is 115 cm³/mol. The van der Waals surface area contributed by atoms with Gasteiger partial charge in [-0.25, -0.2) is 4.79 Å². The van der Waals surface area contributed by atoms with Crippen LogP contribution in [-0.4, -0.2) is 11.1 Å². The molecule has 0 aliphatic rings. The van der Waals surface area contributed by atoms with E-state index in [9.17, 15) is 4.79 Å². The lowest BCUT2D eigenvalue weighted by molar-refractivity contribution is 0.0697. The summed E-state index contributed by atoms with van der Waals surface area (Å²) >= 11 is 18.3. The van der Waals surface area contributed by atoms with Gasteiger partial charge >= 0.3 is 5.97 Å². The van der Waals surface area contributed by atoms with E-state index in [1.807, 2.05) is 30.4 Å². The molecule has 6 heteroatoms. The van der Waals surface area contributed by atoms with E-state index < -0.39 is 5.97 Å². The van der Waals surface area contributed by atoms with Crippen molar-refractivity contribution in [1.29, 1.82) is 0 Å². The lowest BCUT2D eigenvalue weighted by Gasteiger charge is -2.09. The quantitative estimate of drug-likeness (QED) is 0.422. The maximum absolute atomic E-state index is 11.0. The number of carboxylic acid groups (broad SMARTS) is 1. The van der Waals surface area contributed by atoms with Crippen molar-refractivity contribution >= 4 is 52.9 Å². The molecule has 3 nitrogen and oxygen atoms in total. The van der Waals surface area contributed by atoms with Crippen molar-refractivity contribution in [2.45, 2.75) is 6.61 Å². The van der Waals surface area contributed by atoms with E-state index in [-0.39, 0.29) is 5.56 Å². The second-order valence-electron chi connectivity index (χ2n) is 6.01. The van der Waals surface area contributed by atoms with Gasteiger partial charge in [0.05, 0.1) is 10.6 Å². The summed E-state index contributed by atoms with van der Waals surface area (Å²) in [5.41, 5.74) is 2.66. The molecule has 0 radical (unpaired) electrons. The number of hydrogen-bond acceptors (Lipinski definition) is 2. The third-order valence-corrected chi connectivity index (χ3v) is 4.65. The highest BCUT2D eigenvalue weighted by Gasteiger charge is 2.04. The Morgan fingerprint density at radius 2 is 1.68 bits per heavy atom. The van der Waals surface area contributed by atoms with Gasteiger partial charge < -0.3 is 9.84 Å². The number of carbonyl (C=O) groups is 1. The van der Waals surface area contributed by atoms with Gasteiger partial charge in [-0.3, -0.25) is 0 Å². The highest BCUT2D eigenvalue weighted by molar-refractivity contribution is 6.34. The Hall–Kier alpha value is -2.46. The van der Waals surface area contributed by atoms with Gasteiger partial charge in [0.2, 0.25) is 0 Å². The SMILES string of the molecule is O=C(O)c1cccc(C=Cc2ccc(OCc3cc(Cl)cc(Cl)c3)cc2Cl)c1. The van der Waals surface area contributed by atoms with Gasteiger partial charge in [0, 0.05) is 10.0 Å². The number of ether oxygens (including phenoxy) is 1. The van der Waals surface area contributed by atoms with Gasteiger partial charge in [-0.15, -0.1) is 0 Å². The second-order valence-corrected chi connectivity index (χ2v) is 7.29. The Bertz CT molecular complexity index is 1020. The summed E-state index contributed by atoms with van der Waals surface area (Å²) in [7, 11) is 0. The van der Waals surface area contributed by atoms with Crippen LogP contribution >= 0.6 is 34.8 Å². The van der Waals surface area contributed by atoms with Crippen LogP contribution in [0.3, 0.4) is 0 Å². The molecule has 3 aromatic rings. The average molecular weight is 434 g/mol. The van der Waals surface area contributed by atoms with E-state index in [0.717, 1.165) is 16.7 Å². The minimum absolute atomic E-state index is 0.234. The summed E-state index contributed by atoms with van der Waals surface area (Å²) in [4.78, 5) is 11.0. The van der Waals surface area contributed by atoms with Gasteiger partial charge in [0.15, 0.2) is 0 Å². The van der Waals surface area contributed by atoms with Crippen molar-refractivity contribution in [3.8, 4) is 5.75 Å². The zero-order valence-electron chi connectivity index (χ0n) is 14.5. The van der Waals surface area contributed by atoms with Crippen LogP contribution < -0.4 is 4.74 Å². The molecule has 142 valence electrons. The largest absolute Gasteiger partial charge is 0.489 e. The summed E-state index contributed by atoms with van der Waals surface area (Å²) < 4.78 is 5.75. The molecule has 0 fully saturated rings. The summed E-state index contributed by atoms with van der Waals surface area (Å²) in [6, 6.07) is 17.3. The molecular weight excluding hydrogens is 419 g/mol. The number of halogens is 3. The maximum Gasteiger partial charge on any atom is 0.335 e. The summed E-state index contributed by atoms with van der Waals surface area (Å²) in [5.74, 6) is -0.345. The van der Waals surface area contributed by atoms with Crippen LogP contribution in [0.25, 0.3) is 12.2 Å². The van der Waals surface area contributed by atoms with E-state index in [2.05, 4.69) is 0 Å². The monoisotopic (exact) mass is 432 g/mol. The third-order valence-electron chi connectivity index (χ3n) is 3.89. The number of hydrogen-bond donors (Lipinski definition) is 1. The standard InChI is InChI=1S/C22H15Cl3O3/c23-18-9-15(10-19(24)11-18)13-28-20-7-6-16(21(25)12-20)5-4-14-2-1-3-17(8-14)22(26)27/h1-12H,13H2,(H,26,27). The van der Waals surface area contributed by atoms with Gasteiger partial charge in [0.25, 0.3) is 0 Å². The molecule has 0 aliphatic carbocycles. The zero-order valence-corrected chi connectivity index (χ0v) is 16.8. The highest BCUT2D eigenvalue weighted by atomic mass is 35.5. The molecule has 0 heterocycles. The molecule has 0 unspecified atom stereocenters. The first-order chi connectivity index (χ1) is 13.4. The fourth-order valence-electron chi connectivity index (χ4n) is 2.56. The minimum atomic E-state index is -0.962. The molecule has 0 saturated heterocycles. The molecule has 0 atom stereocenters. The Labute approximate surface area is 177 Å². The first-order valence-corrected chi connectivity index (χ1v) is 9.43. The molecule has 0 aliphatic heterocycles. The first kappa shape index (κ1) is 20.3. The van der Waals surface area contributed by atoms with E-state index in [1.54, 1.807) is 42.5 Å². The molecule has 0 amide bonds. The van der Waals surface area contributed by atoms with E-state index >= 15 is 0 Å². The van der Waals surface area contributed by atoms with Crippen LogP contribution in [0.1, 0.15) is 27.0 Å². The fourth-order valence-corrected chi connectivity index (χ4v) is 3.36. The van der Waals surface area contributed by atoms with Crippen LogP contribution in [0.2, 0.25) is 15.1 Å². The topological polar surface area (TPSA) is 46.5 Å². The van der Waals surface area contributed by atoms with Crippen molar-refractivity contribution in [1.82, 2.24) is 0 Å². The Kier molecular flexibility index (Phi) is 6.63. The molecule has 3 aromatic carbocycles. The average Bonchev–Trinajstić information content (AvgIpc) is 2.65. The lowest BCUT2D eigenvalue weighted by Crippen LogP contribution is -1.96. The smallest absolute Gasteiger partial charge is 0.335 e. The Morgan fingerprint density at radius 1 is 0.929 bits per heavy atom. The summed E-state index contributed by atoms with van der Waals surface area (Å²) in [5, 5.41) is 10.7. The third kappa shape index (κ3) is 5.52. The van der Waals surface area contributed by atoms with Crippen LogP contribution in [0.4, 0.5) is 0 Å². The second kappa shape index (κ2) is 9.16. The van der Waals surface area contributed by atoms with Crippen molar-refractivity contribution in [3.05, 3.63) is 98.0 Å². The molecular formula is C22H15Cl3O3. The van der Waals surface area contributed by atoms with E-state index in [4.69, 9.17) is 44.6 Å². The lowest BCUT2D eigenvalue weighted by atomic mass is 10.1. The van der Waals surface area contributed by atoms with Crippen molar-refractivity contribution in [2.24, 2.45) is 0 Å². The molecule has 28 heavy (non-hydrogen) atoms. The highest BCUT2D eigenvalue weighted by Crippen LogP contribution is 2.26. The van der Waals surface area contributed by atoms with Crippen LogP contribution in [0.5, 0.6) is 5.75 Å². The number of rotatable bonds is 6. The van der Waals surface area contributed by atoms with Gasteiger partial charge in [-0.05, 0) is 65.2 Å². The summed E-state index contributed by atoms with van der Waals surface area (Å²) in [6.45, 7) is 0.313. The van der Waals surface area contributed by atoms with Crippen LogP contribution in [-0.2, 0) is 6.61 Å². The molecule has 0 saturated carbocycles. The molecule has 3 rings (SSSR count). The number of carboxylic acids is 1. The van der Waals surface area contributed by atoms with Gasteiger partial charge in [-0.1, -0.05) is 59.1 Å². The zero-order chi connectivity index (χ0) is 20.1. The Balaban J connectivity index is 1.70. The van der Waals surface area contributed by atoms with E-state index in [0.29, 0.717) is 27.4 Å². The van der Waals surface area contributed by atoms with Crippen molar-refractivity contribution in [3.63, 3.8) is 0 Å².